The van der Waals surface area contributed by atoms with Crippen LogP contribution in [0.15, 0.2) is 17.0 Å². The first-order valence-electron chi connectivity index (χ1n) is 5.33. The maximum absolute atomic E-state index is 5.42. The first-order valence-corrected chi connectivity index (χ1v) is 6.56. The molecule has 4 nitrogen and oxygen atoms in total. The minimum atomic E-state index is 0.748. The number of ether oxygens (including phenoxy) is 2. The van der Waals surface area contributed by atoms with E-state index in [1.165, 1.54) is 0 Å². The molecule has 0 aliphatic rings. The summed E-state index contributed by atoms with van der Waals surface area (Å²) in [5, 5.41) is 3.11. The number of nitrogens with zero attached hydrogens (tertiary/aromatic N) is 1. The van der Waals surface area contributed by atoms with Gasteiger partial charge in [-0.3, -0.25) is 0 Å². The van der Waals surface area contributed by atoms with Gasteiger partial charge in [0.05, 0.1) is 31.5 Å². The predicted molar refractivity (Wildman–Crippen MR) is 73.7 cm³/mol. The van der Waals surface area contributed by atoms with Gasteiger partial charge in [0.1, 0.15) is 11.5 Å². The van der Waals surface area contributed by atoms with E-state index in [0.717, 1.165) is 28.8 Å². The summed E-state index contributed by atoms with van der Waals surface area (Å²) < 4.78 is 10.8. The van der Waals surface area contributed by atoms with Crippen molar-refractivity contribution in [2.24, 2.45) is 0 Å². The van der Waals surface area contributed by atoms with Crippen LogP contribution in [0.3, 0.4) is 0 Å². The molecule has 0 saturated carbocycles. The van der Waals surface area contributed by atoms with Crippen molar-refractivity contribution in [3.8, 4) is 11.5 Å². The molecule has 0 fully saturated rings. The second-order valence-electron chi connectivity index (χ2n) is 3.59. The molecule has 0 aliphatic heterocycles. The highest BCUT2D eigenvalue weighted by molar-refractivity contribution is 7.98. The van der Waals surface area contributed by atoms with Gasteiger partial charge in [0, 0.05) is 13.1 Å². The lowest BCUT2D eigenvalue weighted by molar-refractivity contribution is 0.394. The summed E-state index contributed by atoms with van der Waals surface area (Å²) in [6.07, 6.45) is 2.02. The fourth-order valence-corrected chi connectivity index (χ4v) is 2.20. The summed E-state index contributed by atoms with van der Waals surface area (Å²) in [4.78, 5) is 3.15. The van der Waals surface area contributed by atoms with Crippen LogP contribution in [0.2, 0.25) is 0 Å². The van der Waals surface area contributed by atoms with Gasteiger partial charge < -0.3 is 19.7 Å². The zero-order valence-electron chi connectivity index (χ0n) is 11.0. The Morgan fingerprint density at radius 3 is 2.35 bits per heavy atom. The highest BCUT2D eigenvalue weighted by atomic mass is 32.2. The number of methoxy groups -OCH3 is 2. The van der Waals surface area contributed by atoms with Gasteiger partial charge in [-0.2, -0.15) is 0 Å². The molecule has 0 heterocycles. The lowest BCUT2D eigenvalue weighted by atomic mass is 10.2. The second-order valence-corrected chi connectivity index (χ2v) is 4.44. The molecule has 1 aromatic carbocycles. The van der Waals surface area contributed by atoms with Gasteiger partial charge in [0.15, 0.2) is 0 Å². The van der Waals surface area contributed by atoms with E-state index in [2.05, 4.69) is 10.2 Å². The lowest BCUT2D eigenvalue weighted by Crippen LogP contribution is -2.28. The van der Waals surface area contributed by atoms with Gasteiger partial charge >= 0.3 is 0 Å². The number of hydrogen-bond acceptors (Lipinski definition) is 5. The molecule has 96 valence electrons. The molecule has 1 rings (SSSR count). The third kappa shape index (κ3) is 3.20. The molecule has 0 aliphatic carbocycles. The normalized spacial score (nSPS) is 10.2. The third-order valence-corrected chi connectivity index (χ3v) is 3.25. The van der Waals surface area contributed by atoms with E-state index in [1.807, 2.05) is 32.5 Å². The summed E-state index contributed by atoms with van der Waals surface area (Å²) in [5.41, 5.74) is 1.01. The van der Waals surface area contributed by atoms with Crippen LogP contribution in [0.5, 0.6) is 11.5 Å². The molecule has 17 heavy (non-hydrogen) atoms. The number of benzene rings is 1. The van der Waals surface area contributed by atoms with E-state index in [9.17, 15) is 0 Å². The molecule has 0 unspecified atom stereocenters. The molecule has 0 radical (unpaired) electrons. The van der Waals surface area contributed by atoms with Crippen molar-refractivity contribution in [1.82, 2.24) is 5.32 Å². The Bertz CT molecular complexity index is 372. The topological polar surface area (TPSA) is 33.7 Å². The fourth-order valence-electron chi connectivity index (χ4n) is 1.63. The number of nitrogens with one attached hydrogen (secondary N) is 1. The van der Waals surface area contributed by atoms with Crippen LogP contribution in [0.25, 0.3) is 0 Å². The van der Waals surface area contributed by atoms with Crippen molar-refractivity contribution in [2.45, 2.75) is 4.90 Å². The van der Waals surface area contributed by atoms with Crippen molar-refractivity contribution in [3.63, 3.8) is 0 Å². The second kappa shape index (κ2) is 6.61. The van der Waals surface area contributed by atoms with Crippen molar-refractivity contribution in [1.29, 1.82) is 0 Å². The Labute approximate surface area is 107 Å². The summed E-state index contributed by atoms with van der Waals surface area (Å²) in [7, 11) is 7.29. The zero-order valence-corrected chi connectivity index (χ0v) is 11.9. The van der Waals surface area contributed by atoms with Gasteiger partial charge in [-0.25, -0.2) is 0 Å². The fraction of sp³-hybridized carbons (Fsp3) is 0.500. The van der Waals surface area contributed by atoms with E-state index in [-0.39, 0.29) is 0 Å². The molecule has 0 bridgehead atoms. The van der Waals surface area contributed by atoms with Gasteiger partial charge in [-0.05, 0) is 19.4 Å². The molecular formula is C12H20N2O2S. The van der Waals surface area contributed by atoms with E-state index < -0.39 is 0 Å². The lowest BCUT2D eigenvalue weighted by Gasteiger charge is -2.22. The monoisotopic (exact) mass is 256 g/mol. The van der Waals surface area contributed by atoms with Gasteiger partial charge in [-0.1, -0.05) is 0 Å². The maximum atomic E-state index is 5.42. The summed E-state index contributed by atoms with van der Waals surface area (Å²) in [6.45, 7) is 0.748. The van der Waals surface area contributed by atoms with E-state index in [4.69, 9.17) is 9.47 Å². The Balaban J connectivity index is 3.18. The Morgan fingerprint density at radius 1 is 1.24 bits per heavy atom. The van der Waals surface area contributed by atoms with Crippen molar-refractivity contribution in [3.05, 3.63) is 12.1 Å². The number of hydrogen-bond donors (Lipinski definition) is 1. The molecule has 1 aromatic rings. The average Bonchev–Trinajstić information content (AvgIpc) is 2.37. The van der Waals surface area contributed by atoms with Gasteiger partial charge in [0.2, 0.25) is 0 Å². The first kappa shape index (κ1) is 14.0. The molecule has 5 heteroatoms. The third-order valence-electron chi connectivity index (χ3n) is 2.49. The molecule has 0 amide bonds. The largest absolute Gasteiger partial charge is 0.496 e. The van der Waals surface area contributed by atoms with E-state index in [1.54, 1.807) is 26.0 Å². The van der Waals surface area contributed by atoms with Crippen LogP contribution in [-0.4, -0.2) is 41.2 Å². The SMILES string of the molecule is CNCN(C)c1cc(OC)c(SC)cc1OC. The zero-order chi connectivity index (χ0) is 12.8. The quantitative estimate of drug-likeness (QED) is 0.622. The van der Waals surface area contributed by atoms with Crippen molar-refractivity contribution in [2.75, 3.05) is 46.1 Å². The first-order chi connectivity index (χ1) is 8.17. The van der Waals surface area contributed by atoms with Crippen LogP contribution >= 0.6 is 11.8 Å². The van der Waals surface area contributed by atoms with Crippen LogP contribution in [0.4, 0.5) is 5.69 Å². The van der Waals surface area contributed by atoms with Gasteiger partial charge in [0.25, 0.3) is 0 Å². The highest BCUT2D eigenvalue weighted by Crippen LogP contribution is 2.38. The Morgan fingerprint density at radius 2 is 1.88 bits per heavy atom. The number of anilines is 1. The van der Waals surface area contributed by atoms with Gasteiger partial charge in [-0.15, -0.1) is 11.8 Å². The van der Waals surface area contributed by atoms with Crippen LogP contribution in [0.1, 0.15) is 0 Å². The minimum Gasteiger partial charge on any atom is -0.496 e. The maximum Gasteiger partial charge on any atom is 0.143 e. The summed E-state index contributed by atoms with van der Waals surface area (Å²) in [6, 6.07) is 4.01. The van der Waals surface area contributed by atoms with Crippen molar-refractivity contribution >= 4 is 17.4 Å². The molecule has 1 N–H and O–H groups in total. The predicted octanol–water partition coefficient (Wildman–Crippen LogP) is 2.04. The number of thioether (sulfide) groups is 1. The van der Waals surface area contributed by atoms with Crippen molar-refractivity contribution < 1.29 is 9.47 Å². The summed E-state index contributed by atoms with van der Waals surface area (Å²) in [5.74, 6) is 1.73. The molecule has 0 saturated heterocycles. The minimum absolute atomic E-state index is 0.748. The van der Waals surface area contributed by atoms with E-state index >= 15 is 0 Å². The number of rotatable bonds is 6. The standard InChI is InChI=1S/C12H20N2O2S/c1-13-8-14(2)9-6-11(16-4)12(17-5)7-10(9)15-3/h6-7,13H,8H2,1-5H3. The van der Waals surface area contributed by atoms with E-state index in [0.29, 0.717) is 0 Å². The molecular weight excluding hydrogens is 236 g/mol. The molecule has 0 atom stereocenters. The summed E-state index contributed by atoms with van der Waals surface area (Å²) >= 11 is 1.64. The van der Waals surface area contributed by atoms with Crippen LogP contribution in [-0.2, 0) is 0 Å². The Kier molecular flexibility index (Phi) is 5.44. The smallest absolute Gasteiger partial charge is 0.143 e. The molecule has 0 aromatic heterocycles. The molecule has 0 spiro atoms. The van der Waals surface area contributed by atoms with Crippen LogP contribution < -0.4 is 19.7 Å². The van der Waals surface area contributed by atoms with Crippen LogP contribution in [0, 0.1) is 0 Å². The Hall–Kier alpha value is -1.07. The average molecular weight is 256 g/mol. The highest BCUT2D eigenvalue weighted by Gasteiger charge is 2.13.